The number of fused-ring (bicyclic) bond motifs is 3. The number of rotatable bonds is 3. The Morgan fingerprint density at radius 3 is 2.69 bits per heavy atom. The molecule has 0 aromatic heterocycles. The van der Waals surface area contributed by atoms with Gasteiger partial charge in [0.05, 0.1) is 23.3 Å². The second-order valence-corrected chi connectivity index (χ2v) is 8.35. The molecule has 0 radical (unpaired) electrons. The fraction of sp³-hybridized carbons (Fsp3) is 0.174. The van der Waals surface area contributed by atoms with Gasteiger partial charge < -0.3 is 9.47 Å². The summed E-state index contributed by atoms with van der Waals surface area (Å²) in [5.41, 5.74) is 4.24. The van der Waals surface area contributed by atoms with E-state index in [1.165, 1.54) is 0 Å². The van der Waals surface area contributed by atoms with Gasteiger partial charge in [-0.3, -0.25) is 0 Å². The molecule has 3 aromatic carbocycles. The van der Waals surface area contributed by atoms with Crippen LogP contribution in [-0.4, -0.2) is 17.8 Å². The topological polar surface area (TPSA) is 34.1 Å². The Morgan fingerprint density at radius 1 is 1.10 bits per heavy atom. The fourth-order valence-corrected chi connectivity index (χ4v) is 4.66. The molecule has 2 aliphatic rings. The Balaban J connectivity index is 1.60. The Bertz CT molecular complexity index is 1100. The first-order valence-corrected chi connectivity index (χ1v) is 10.5. The molecule has 0 spiro atoms. The van der Waals surface area contributed by atoms with Gasteiger partial charge in [-0.15, -0.1) is 0 Å². The van der Waals surface area contributed by atoms with Gasteiger partial charge in [-0.1, -0.05) is 41.9 Å². The summed E-state index contributed by atoms with van der Waals surface area (Å²) >= 11 is 9.88. The van der Waals surface area contributed by atoms with Gasteiger partial charge in [0, 0.05) is 22.6 Å². The summed E-state index contributed by atoms with van der Waals surface area (Å²) in [6, 6.07) is 22.1. The zero-order valence-corrected chi connectivity index (χ0v) is 18.0. The quantitative estimate of drug-likeness (QED) is 0.448. The van der Waals surface area contributed by atoms with Gasteiger partial charge in [-0.05, 0) is 57.9 Å². The highest BCUT2D eigenvalue weighted by Gasteiger charge is 2.41. The van der Waals surface area contributed by atoms with E-state index in [1.807, 2.05) is 54.6 Å². The maximum atomic E-state index is 6.40. The summed E-state index contributed by atoms with van der Waals surface area (Å²) in [5, 5.41) is 7.73. The minimum Gasteiger partial charge on any atom is -0.496 e. The van der Waals surface area contributed by atoms with E-state index in [9.17, 15) is 0 Å². The fourth-order valence-electron chi connectivity index (χ4n) is 3.92. The van der Waals surface area contributed by atoms with E-state index in [4.69, 9.17) is 26.2 Å². The van der Waals surface area contributed by atoms with Crippen LogP contribution in [0.4, 0.5) is 0 Å². The van der Waals surface area contributed by atoms with Gasteiger partial charge in [0.25, 0.3) is 0 Å². The second kappa shape index (κ2) is 7.39. The van der Waals surface area contributed by atoms with Crippen molar-refractivity contribution in [3.8, 4) is 11.5 Å². The first-order chi connectivity index (χ1) is 14.1. The predicted molar refractivity (Wildman–Crippen MR) is 118 cm³/mol. The van der Waals surface area contributed by atoms with Gasteiger partial charge >= 0.3 is 0 Å². The van der Waals surface area contributed by atoms with Crippen molar-refractivity contribution >= 4 is 33.2 Å². The highest BCUT2D eigenvalue weighted by atomic mass is 79.9. The van der Waals surface area contributed by atoms with E-state index < -0.39 is 0 Å². The smallest absolute Gasteiger partial charge is 0.213 e. The van der Waals surface area contributed by atoms with Crippen molar-refractivity contribution in [1.29, 1.82) is 0 Å². The van der Waals surface area contributed by atoms with E-state index in [0.29, 0.717) is 5.02 Å². The van der Waals surface area contributed by atoms with E-state index in [2.05, 4.69) is 33.1 Å². The molecule has 2 atom stereocenters. The van der Waals surface area contributed by atoms with Gasteiger partial charge in [-0.2, -0.15) is 5.10 Å². The van der Waals surface area contributed by atoms with Crippen LogP contribution in [0.2, 0.25) is 5.02 Å². The molecule has 5 rings (SSSR count). The molecule has 4 nitrogen and oxygen atoms in total. The molecule has 0 unspecified atom stereocenters. The van der Waals surface area contributed by atoms with Gasteiger partial charge in [0.1, 0.15) is 11.5 Å². The number of nitrogens with zero attached hydrogens (tertiary/aromatic N) is 2. The zero-order valence-electron chi connectivity index (χ0n) is 15.7. The molecule has 29 heavy (non-hydrogen) atoms. The van der Waals surface area contributed by atoms with Crippen LogP contribution in [0.1, 0.15) is 35.4 Å². The lowest BCUT2D eigenvalue weighted by atomic mass is 9.96. The third-order valence-corrected chi connectivity index (χ3v) is 6.17. The molecule has 0 saturated carbocycles. The van der Waals surface area contributed by atoms with Crippen LogP contribution in [0.15, 0.2) is 76.3 Å². The van der Waals surface area contributed by atoms with E-state index in [0.717, 1.165) is 44.8 Å². The molecule has 146 valence electrons. The molecular weight excluding hydrogens is 452 g/mol. The molecule has 2 aliphatic heterocycles. The Kier molecular flexibility index (Phi) is 4.72. The molecule has 0 fully saturated rings. The minimum atomic E-state index is -0.336. The minimum absolute atomic E-state index is 0.0681. The van der Waals surface area contributed by atoms with Crippen LogP contribution in [-0.2, 0) is 0 Å². The van der Waals surface area contributed by atoms with Crippen molar-refractivity contribution in [3.05, 3.63) is 92.9 Å². The average Bonchev–Trinajstić information content (AvgIpc) is 3.20. The van der Waals surface area contributed by atoms with Crippen molar-refractivity contribution in [3.63, 3.8) is 0 Å². The van der Waals surface area contributed by atoms with E-state index in [1.54, 1.807) is 7.11 Å². The van der Waals surface area contributed by atoms with E-state index >= 15 is 0 Å². The first-order valence-electron chi connectivity index (χ1n) is 9.35. The van der Waals surface area contributed by atoms with Crippen LogP contribution in [0.25, 0.3) is 0 Å². The largest absolute Gasteiger partial charge is 0.496 e. The van der Waals surface area contributed by atoms with E-state index in [-0.39, 0.29) is 12.3 Å². The summed E-state index contributed by atoms with van der Waals surface area (Å²) in [5.74, 6) is 1.63. The summed E-state index contributed by atoms with van der Waals surface area (Å²) in [6.45, 7) is 0. The Hall–Kier alpha value is -2.50. The van der Waals surface area contributed by atoms with Crippen molar-refractivity contribution in [2.75, 3.05) is 7.11 Å². The number of hydrogen-bond acceptors (Lipinski definition) is 4. The van der Waals surface area contributed by atoms with Crippen LogP contribution in [0.3, 0.4) is 0 Å². The third-order valence-electron chi connectivity index (χ3n) is 5.32. The molecular formula is C23H18BrClN2O2. The number of hydrogen-bond donors (Lipinski definition) is 0. The van der Waals surface area contributed by atoms with Gasteiger partial charge in [0.15, 0.2) is 0 Å². The molecule has 3 aromatic rings. The Labute approximate surface area is 182 Å². The number of methoxy groups -OCH3 is 1. The van der Waals surface area contributed by atoms with Crippen LogP contribution in [0, 0.1) is 0 Å². The average molecular weight is 470 g/mol. The van der Waals surface area contributed by atoms with Crippen LogP contribution >= 0.6 is 27.5 Å². The Morgan fingerprint density at radius 2 is 1.93 bits per heavy atom. The highest BCUT2D eigenvalue weighted by Crippen LogP contribution is 2.48. The first kappa shape index (κ1) is 18.5. The monoisotopic (exact) mass is 468 g/mol. The number of benzene rings is 3. The number of hydrazone groups is 1. The van der Waals surface area contributed by atoms with Crippen molar-refractivity contribution in [2.24, 2.45) is 5.10 Å². The van der Waals surface area contributed by atoms with Crippen LogP contribution in [0.5, 0.6) is 11.5 Å². The van der Waals surface area contributed by atoms with Crippen molar-refractivity contribution in [1.82, 2.24) is 5.01 Å². The molecule has 0 N–H and O–H groups in total. The highest BCUT2D eigenvalue weighted by molar-refractivity contribution is 9.10. The number of halogens is 2. The maximum absolute atomic E-state index is 6.40. The maximum Gasteiger partial charge on any atom is 0.213 e. The molecule has 6 heteroatoms. The van der Waals surface area contributed by atoms with Crippen molar-refractivity contribution in [2.45, 2.75) is 18.7 Å². The van der Waals surface area contributed by atoms with Gasteiger partial charge in [0.2, 0.25) is 6.23 Å². The van der Waals surface area contributed by atoms with Crippen molar-refractivity contribution < 1.29 is 9.47 Å². The SMILES string of the molecule is COc1ccc([C@@H]2Oc3ccc(Cl)cc3[C@@H]3CC(c4ccccc4)=NN32)cc1Br. The standard InChI is InChI=1S/C23H18BrClN2O2/c1-28-22-9-7-15(11-18(22)24)23-27-20(17-12-16(25)8-10-21(17)29-23)13-19(26-27)14-5-3-2-4-6-14/h2-12,20,23H,13H2,1H3/t20-,23-/m0/s1. The molecule has 2 heterocycles. The normalized spacial score (nSPS) is 19.8. The lowest BCUT2D eigenvalue weighted by Crippen LogP contribution is -2.33. The molecule has 0 bridgehead atoms. The molecule has 0 saturated heterocycles. The molecule has 0 amide bonds. The predicted octanol–water partition coefficient (Wildman–Crippen LogP) is 6.35. The zero-order chi connectivity index (χ0) is 20.0. The molecule has 0 aliphatic carbocycles. The summed E-state index contributed by atoms with van der Waals surface area (Å²) in [6.07, 6.45) is 0.464. The summed E-state index contributed by atoms with van der Waals surface area (Å²) in [4.78, 5) is 0. The third kappa shape index (κ3) is 3.28. The van der Waals surface area contributed by atoms with Gasteiger partial charge in [-0.25, -0.2) is 5.01 Å². The lowest BCUT2D eigenvalue weighted by Gasteiger charge is -2.38. The lowest BCUT2D eigenvalue weighted by molar-refractivity contribution is -0.0190. The van der Waals surface area contributed by atoms with Crippen LogP contribution < -0.4 is 9.47 Å². The second-order valence-electron chi connectivity index (χ2n) is 7.06. The number of ether oxygens (including phenoxy) is 2. The summed E-state index contributed by atoms with van der Waals surface area (Å²) in [7, 11) is 1.66. The summed E-state index contributed by atoms with van der Waals surface area (Å²) < 4.78 is 12.7.